The fourth-order valence-corrected chi connectivity index (χ4v) is 5.43. The Bertz CT molecular complexity index is 1400. The lowest BCUT2D eigenvalue weighted by Gasteiger charge is -2.27. The van der Waals surface area contributed by atoms with Crippen molar-refractivity contribution in [3.8, 4) is 11.1 Å². The summed E-state index contributed by atoms with van der Waals surface area (Å²) in [5.74, 6) is -0.276. The van der Waals surface area contributed by atoms with Gasteiger partial charge in [0.25, 0.3) is 5.91 Å². The summed E-state index contributed by atoms with van der Waals surface area (Å²) in [5.41, 5.74) is 4.30. The summed E-state index contributed by atoms with van der Waals surface area (Å²) >= 11 is 13.4. The van der Waals surface area contributed by atoms with Crippen molar-refractivity contribution in [2.45, 2.75) is 20.0 Å². The molecule has 1 aliphatic rings. The Kier molecular flexibility index (Phi) is 5.16. The molecule has 2 aromatic carbocycles. The standard InChI is InChI=1S/C24H17Cl2N3O2S/c1-11-17(12(2)30)18(13-3-7-15(25)8-4-13)19-20-21(32-24(19)27-11)23(31)29-22(28-20)14-5-9-16(26)10-6-14/h3-10,22,28H,1-2H3,(H,29,31). The van der Waals surface area contributed by atoms with E-state index < -0.39 is 6.17 Å². The molecule has 32 heavy (non-hydrogen) atoms. The van der Waals surface area contributed by atoms with E-state index in [9.17, 15) is 9.59 Å². The Morgan fingerprint density at radius 1 is 1.00 bits per heavy atom. The zero-order chi connectivity index (χ0) is 22.6. The topological polar surface area (TPSA) is 71.1 Å². The van der Waals surface area contributed by atoms with Gasteiger partial charge in [0.1, 0.15) is 15.9 Å². The quantitative estimate of drug-likeness (QED) is 0.322. The second kappa shape index (κ2) is 7.89. The van der Waals surface area contributed by atoms with E-state index in [-0.39, 0.29) is 11.7 Å². The van der Waals surface area contributed by atoms with Crippen molar-refractivity contribution in [3.05, 3.63) is 80.3 Å². The van der Waals surface area contributed by atoms with Crippen LogP contribution < -0.4 is 10.6 Å². The van der Waals surface area contributed by atoms with Crippen LogP contribution in [0.15, 0.2) is 48.5 Å². The van der Waals surface area contributed by atoms with Gasteiger partial charge in [0.2, 0.25) is 0 Å². The average molecular weight is 482 g/mol. The molecule has 1 atom stereocenters. The molecular formula is C24H17Cl2N3O2S. The third-order valence-electron chi connectivity index (χ3n) is 5.48. The second-order valence-corrected chi connectivity index (χ2v) is 9.47. The van der Waals surface area contributed by atoms with Crippen LogP contribution in [0, 0.1) is 6.92 Å². The third-order valence-corrected chi connectivity index (χ3v) is 7.07. The van der Waals surface area contributed by atoms with Crippen LogP contribution in [0.4, 0.5) is 5.69 Å². The number of pyridine rings is 1. The van der Waals surface area contributed by atoms with Gasteiger partial charge >= 0.3 is 0 Å². The molecule has 4 aromatic rings. The van der Waals surface area contributed by atoms with Crippen LogP contribution >= 0.6 is 34.5 Å². The van der Waals surface area contributed by atoms with E-state index in [1.54, 1.807) is 24.3 Å². The van der Waals surface area contributed by atoms with Gasteiger partial charge in [-0.05, 0) is 49.2 Å². The Balaban J connectivity index is 1.78. The Morgan fingerprint density at radius 2 is 1.62 bits per heavy atom. The van der Waals surface area contributed by atoms with Crippen LogP contribution in [0.25, 0.3) is 21.3 Å². The van der Waals surface area contributed by atoms with E-state index in [1.165, 1.54) is 18.3 Å². The van der Waals surface area contributed by atoms with Crippen LogP contribution in [0.2, 0.25) is 10.0 Å². The van der Waals surface area contributed by atoms with Crippen molar-refractivity contribution in [1.82, 2.24) is 10.3 Å². The predicted molar refractivity (Wildman–Crippen MR) is 130 cm³/mol. The number of carbonyl (C=O) groups excluding carboxylic acids is 2. The number of thiophene rings is 1. The molecule has 0 fully saturated rings. The first kappa shape index (κ1) is 20.9. The first-order valence-corrected chi connectivity index (χ1v) is 11.5. The van der Waals surface area contributed by atoms with Crippen molar-refractivity contribution in [2.75, 3.05) is 5.32 Å². The summed E-state index contributed by atoms with van der Waals surface area (Å²) in [6.07, 6.45) is -0.440. The number of nitrogens with zero attached hydrogens (tertiary/aromatic N) is 1. The van der Waals surface area contributed by atoms with Gasteiger partial charge in [-0.15, -0.1) is 11.3 Å². The smallest absolute Gasteiger partial charge is 0.265 e. The first-order valence-electron chi connectivity index (χ1n) is 9.90. The molecule has 160 valence electrons. The maximum atomic E-state index is 13.0. The van der Waals surface area contributed by atoms with E-state index in [0.29, 0.717) is 36.7 Å². The van der Waals surface area contributed by atoms with Crippen LogP contribution in [-0.4, -0.2) is 16.7 Å². The highest BCUT2D eigenvalue weighted by atomic mass is 35.5. The minimum absolute atomic E-state index is 0.0867. The molecule has 8 heteroatoms. The molecule has 0 radical (unpaired) electrons. The van der Waals surface area contributed by atoms with Crippen molar-refractivity contribution >= 4 is 62.1 Å². The number of Topliss-reactive ketones (excluding diaryl/α,β-unsaturated/α-hetero) is 1. The molecule has 2 aromatic heterocycles. The lowest BCUT2D eigenvalue weighted by molar-refractivity contribution is 0.0939. The number of carbonyl (C=O) groups is 2. The SMILES string of the molecule is CC(=O)c1c(C)nc2sc3c(c2c1-c1ccc(Cl)cc1)NC(c1ccc(Cl)cc1)NC3=O. The first-order chi connectivity index (χ1) is 15.3. The molecule has 0 aliphatic carbocycles. The van der Waals surface area contributed by atoms with Crippen molar-refractivity contribution < 1.29 is 9.59 Å². The lowest BCUT2D eigenvalue weighted by atomic mass is 9.93. The zero-order valence-corrected chi connectivity index (χ0v) is 19.5. The van der Waals surface area contributed by atoms with Gasteiger partial charge in [0, 0.05) is 26.6 Å². The molecule has 5 rings (SSSR count). The minimum atomic E-state index is -0.440. The Morgan fingerprint density at radius 3 is 2.25 bits per heavy atom. The highest BCUT2D eigenvalue weighted by Crippen LogP contribution is 2.46. The summed E-state index contributed by atoms with van der Waals surface area (Å²) in [6, 6.07) is 14.6. The van der Waals surface area contributed by atoms with Crippen LogP contribution in [0.3, 0.4) is 0 Å². The fraction of sp³-hybridized carbons (Fsp3) is 0.125. The van der Waals surface area contributed by atoms with Gasteiger partial charge in [0.05, 0.1) is 11.4 Å². The number of hydrogen-bond donors (Lipinski definition) is 2. The van der Waals surface area contributed by atoms with Crippen molar-refractivity contribution in [1.29, 1.82) is 0 Å². The van der Waals surface area contributed by atoms with Gasteiger partial charge in [-0.25, -0.2) is 4.98 Å². The number of aryl methyl sites for hydroxylation is 1. The van der Waals surface area contributed by atoms with Crippen molar-refractivity contribution in [2.24, 2.45) is 0 Å². The van der Waals surface area contributed by atoms with Gasteiger partial charge in [-0.3, -0.25) is 9.59 Å². The molecule has 1 unspecified atom stereocenters. The molecule has 2 N–H and O–H groups in total. The third kappa shape index (κ3) is 3.45. The Labute approximate surface area is 198 Å². The van der Waals surface area contributed by atoms with E-state index in [1.807, 2.05) is 31.2 Å². The number of hydrogen-bond acceptors (Lipinski definition) is 5. The molecule has 0 saturated heterocycles. The number of aromatic nitrogens is 1. The van der Waals surface area contributed by atoms with E-state index in [4.69, 9.17) is 23.2 Å². The molecule has 0 spiro atoms. The van der Waals surface area contributed by atoms with Crippen LogP contribution in [0.5, 0.6) is 0 Å². The largest absolute Gasteiger partial charge is 0.360 e. The van der Waals surface area contributed by atoms with Gasteiger partial charge in [0.15, 0.2) is 5.78 Å². The number of benzene rings is 2. The molecule has 3 heterocycles. The molecule has 1 aliphatic heterocycles. The van der Waals surface area contributed by atoms with Crippen molar-refractivity contribution in [3.63, 3.8) is 0 Å². The van der Waals surface area contributed by atoms with Gasteiger partial charge < -0.3 is 10.6 Å². The van der Waals surface area contributed by atoms with Gasteiger partial charge in [-0.1, -0.05) is 47.5 Å². The summed E-state index contributed by atoms with van der Waals surface area (Å²) in [5, 5.41) is 8.43. The molecule has 1 amide bonds. The number of fused-ring (bicyclic) bond motifs is 3. The minimum Gasteiger partial charge on any atom is -0.360 e. The predicted octanol–water partition coefficient (Wildman–Crippen LogP) is 6.64. The zero-order valence-electron chi connectivity index (χ0n) is 17.1. The number of anilines is 1. The highest BCUT2D eigenvalue weighted by Gasteiger charge is 2.32. The highest BCUT2D eigenvalue weighted by molar-refractivity contribution is 7.21. The number of ketones is 1. The summed E-state index contributed by atoms with van der Waals surface area (Å²) in [4.78, 5) is 31.6. The normalized spacial score (nSPS) is 15.2. The fourth-order valence-electron chi connectivity index (χ4n) is 4.08. The maximum absolute atomic E-state index is 13.0. The van der Waals surface area contributed by atoms with Crippen LogP contribution in [0.1, 0.15) is 44.4 Å². The maximum Gasteiger partial charge on any atom is 0.265 e. The average Bonchev–Trinajstić information content (AvgIpc) is 3.12. The van der Waals surface area contributed by atoms with E-state index in [0.717, 1.165) is 22.1 Å². The van der Waals surface area contributed by atoms with Crippen LogP contribution in [-0.2, 0) is 0 Å². The summed E-state index contributed by atoms with van der Waals surface area (Å²) in [6.45, 7) is 3.35. The molecule has 0 bridgehead atoms. The summed E-state index contributed by atoms with van der Waals surface area (Å²) < 4.78 is 0. The second-order valence-electron chi connectivity index (χ2n) is 7.60. The number of rotatable bonds is 3. The molecular weight excluding hydrogens is 465 g/mol. The number of nitrogens with one attached hydrogen (secondary N) is 2. The molecule has 0 saturated carbocycles. The number of amides is 1. The number of halogens is 2. The van der Waals surface area contributed by atoms with E-state index >= 15 is 0 Å². The monoisotopic (exact) mass is 481 g/mol. The van der Waals surface area contributed by atoms with Gasteiger partial charge in [-0.2, -0.15) is 0 Å². The van der Waals surface area contributed by atoms with E-state index in [2.05, 4.69) is 15.6 Å². The summed E-state index contributed by atoms with van der Waals surface area (Å²) in [7, 11) is 0. The molecule has 5 nitrogen and oxygen atoms in total. The lowest BCUT2D eigenvalue weighted by Crippen LogP contribution is -2.37. The Hall–Kier alpha value is -2.93.